The molecule has 0 fully saturated rings. The van der Waals surface area contributed by atoms with Gasteiger partial charge in [0, 0.05) is 0 Å². The van der Waals surface area contributed by atoms with Gasteiger partial charge in [0.2, 0.25) is 0 Å². The van der Waals surface area contributed by atoms with Crippen molar-refractivity contribution in [3.05, 3.63) is 0 Å². The molecule has 0 aliphatic carbocycles. The maximum atomic E-state index is 9.12. The number of nitrogens with two attached hydrogens (primary N) is 2. The fraction of sp³-hybridized carbons (Fsp3) is 1.00. The Hall–Kier alpha value is 0.760. The Balaban J connectivity index is 3.53. The van der Waals surface area contributed by atoms with E-state index in [2.05, 4.69) is 34.4 Å². The quantitative estimate of drug-likeness (QED) is 0.129. The number of thiol groups is 1. The molecule has 0 rings (SSSR count). The molecule has 0 aromatic rings. The third-order valence-electron chi connectivity index (χ3n) is 1.29. The van der Waals surface area contributed by atoms with Crippen molar-refractivity contribution in [1.82, 2.24) is 5.32 Å². The van der Waals surface area contributed by atoms with Gasteiger partial charge in [-0.3, -0.25) is 0 Å². The van der Waals surface area contributed by atoms with Crippen molar-refractivity contribution in [3.63, 3.8) is 0 Å². The van der Waals surface area contributed by atoms with Crippen LogP contribution < -0.4 is 16.9 Å². The van der Waals surface area contributed by atoms with Gasteiger partial charge < -0.3 is 20.5 Å². The predicted molar refractivity (Wildman–Crippen MR) is 62.2 cm³/mol. The second-order valence-electron chi connectivity index (χ2n) is 2.48. The second-order valence-corrected chi connectivity index (χ2v) is 5.90. The summed E-state index contributed by atoms with van der Waals surface area (Å²) in [6, 6.07) is 0. The van der Waals surface area contributed by atoms with E-state index in [0.29, 0.717) is 6.54 Å². The zero-order chi connectivity index (χ0) is 11.0. The van der Waals surface area contributed by atoms with Crippen LogP contribution in [0.15, 0.2) is 0 Å². The van der Waals surface area contributed by atoms with Gasteiger partial charge in [-0.1, -0.05) is 0 Å². The molecule has 6 N–H and O–H groups in total. The van der Waals surface area contributed by atoms with Crippen molar-refractivity contribution in [2.45, 2.75) is 11.8 Å². The lowest BCUT2D eigenvalue weighted by Crippen LogP contribution is -2.30. The van der Waals surface area contributed by atoms with E-state index in [1.807, 2.05) is 0 Å². The first kappa shape index (κ1) is 14.8. The zero-order valence-electron chi connectivity index (χ0n) is 7.63. The average molecular weight is 261 g/mol. The van der Waals surface area contributed by atoms with Gasteiger partial charge in [-0.05, 0) is 31.3 Å². The molecule has 6 nitrogen and oxygen atoms in total. The number of hydrogen-bond acceptors (Lipinski definition) is 7. The summed E-state index contributed by atoms with van der Waals surface area (Å²) in [5.41, 5.74) is 5.30. The Labute approximate surface area is 93.9 Å². The smallest absolute Gasteiger partial charge is 0.330 e. The van der Waals surface area contributed by atoms with E-state index in [4.69, 9.17) is 21.0 Å². The van der Waals surface area contributed by atoms with Crippen LogP contribution in [0.5, 0.6) is 0 Å². The highest BCUT2D eigenvalue weighted by atomic mass is 32.5. The first-order chi connectivity index (χ1) is 6.52. The third-order valence-corrected chi connectivity index (χ3v) is 2.94. The molecule has 0 amide bonds. The summed E-state index contributed by atoms with van der Waals surface area (Å²) in [5.74, 6) is 4.72. The van der Waals surface area contributed by atoms with Crippen molar-refractivity contribution < 1.29 is 14.0 Å². The molecule has 0 aromatic carbocycles. The van der Waals surface area contributed by atoms with Crippen LogP contribution >= 0.6 is 19.3 Å². The monoisotopic (exact) mass is 261 g/mol. The molecule has 0 aliphatic heterocycles. The Morgan fingerprint density at radius 1 is 1.64 bits per heavy atom. The van der Waals surface area contributed by atoms with Crippen molar-refractivity contribution in [1.29, 1.82) is 0 Å². The van der Waals surface area contributed by atoms with Crippen LogP contribution in [0.1, 0.15) is 6.42 Å². The second kappa shape index (κ2) is 7.98. The average Bonchev–Trinajstić information content (AvgIpc) is 2.16. The Morgan fingerprint density at radius 3 is 2.79 bits per heavy atom. The highest BCUT2D eigenvalue weighted by Gasteiger charge is 2.15. The summed E-state index contributed by atoms with van der Waals surface area (Å²) in [6.45, 7) is -1.81. The Morgan fingerprint density at radius 2 is 2.29 bits per heavy atom. The van der Waals surface area contributed by atoms with Crippen LogP contribution in [-0.4, -0.2) is 30.0 Å². The molecule has 0 heterocycles. The molecule has 0 radical (unpaired) electrons. The van der Waals surface area contributed by atoms with Gasteiger partial charge >= 0.3 is 6.72 Å². The molecule has 9 heteroatoms. The maximum absolute atomic E-state index is 9.12. The van der Waals surface area contributed by atoms with E-state index in [1.54, 1.807) is 0 Å². The summed E-state index contributed by atoms with van der Waals surface area (Å²) in [4.78, 5) is 9.12. The van der Waals surface area contributed by atoms with E-state index < -0.39 is 6.72 Å². The number of nitrogens with one attached hydrogen (secondary N) is 1. The van der Waals surface area contributed by atoms with E-state index in [9.17, 15) is 0 Å². The van der Waals surface area contributed by atoms with E-state index in [-0.39, 0.29) is 12.0 Å². The van der Waals surface area contributed by atoms with Gasteiger partial charge in [0.1, 0.15) is 0 Å². The van der Waals surface area contributed by atoms with Gasteiger partial charge in [0.15, 0.2) is 0 Å². The summed E-state index contributed by atoms with van der Waals surface area (Å²) in [6.07, 6.45) is 0.845. The van der Waals surface area contributed by atoms with Crippen LogP contribution in [0.3, 0.4) is 0 Å². The molecule has 0 bridgehead atoms. The van der Waals surface area contributed by atoms with Crippen LogP contribution in [0.2, 0.25) is 0 Å². The lowest BCUT2D eigenvalue weighted by atomic mass is 10.4. The summed E-state index contributed by atoms with van der Waals surface area (Å²) in [5, 5.41) is 2.77. The summed E-state index contributed by atoms with van der Waals surface area (Å²) in [7, 11) is 0. The largest absolute Gasteiger partial charge is 0.341 e. The first-order valence-corrected chi connectivity index (χ1v) is 7.10. The van der Waals surface area contributed by atoms with Crippen molar-refractivity contribution in [3.8, 4) is 0 Å². The summed E-state index contributed by atoms with van der Waals surface area (Å²) >= 11 is 8.65. The van der Waals surface area contributed by atoms with Crippen LogP contribution in [0, 0.1) is 0 Å². The van der Waals surface area contributed by atoms with Crippen molar-refractivity contribution in [2.75, 3.05) is 19.7 Å². The molecular formula is C5H16N3O3PS2. The van der Waals surface area contributed by atoms with Gasteiger partial charge in [-0.25, -0.2) is 10.5 Å². The molecule has 0 spiro atoms. The van der Waals surface area contributed by atoms with E-state index in [1.165, 1.54) is 0 Å². The SMILES string of the molecule is NCCCNC(S)COP(O)(=S)ON. The molecule has 0 saturated carbocycles. The standard InChI is InChI=1S/C5H16N3O3PS2/c6-2-1-3-8-5(13)4-10-12(9,14)11-7/h5,8,13H,1-4,6-7H2,(H,9,14). The van der Waals surface area contributed by atoms with E-state index in [0.717, 1.165) is 13.0 Å². The fourth-order valence-corrected chi connectivity index (χ4v) is 1.53. The normalized spacial score (nSPS) is 17.7. The van der Waals surface area contributed by atoms with Crippen LogP contribution in [0.4, 0.5) is 0 Å². The minimum absolute atomic E-state index is 0.124. The van der Waals surface area contributed by atoms with Crippen LogP contribution in [-0.2, 0) is 21.0 Å². The molecule has 2 unspecified atom stereocenters. The molecule has 2 atom stereocenters. The van der Waals surface area contributed by atoms with Crippen molar-refractivity contribution in [2.24, 2.45) is 11.6 Å². The minimum atomic E-state index is -3.27. The molecule has 0 saturated heterocycles. The van der Waals surface area contributed by atoms with Gasteiger partial charge in [-0.2, -0.15) is 12.6 Å². The number of hydrogen-bond donors (Lipinski definition) is 5. The number of rotatable bonds is 8. The van der Waals surface area contributed by atoms with Crippen LogP contribution in [0.25, 0.3) is 0 Å². The Bertz CT molecular complexity index is 197. The zero-order valence-corrected chi connectivity index (χ0v) is 10.2. The van der Waals surface area contributed by atoms with Gasteiger partial charge in [0.05, 0.1) is 12.0 Å². The van der Waals surface area contributed by atoms with E-state index >= 15 is 0 Å². The molecule has 14 heavy (non-hydrogen) atoms. The van der Waals surface area contributed by atoms with Gasteiger partial charge in [-0.15, -0.1) is 0 Å². The maximum Gasteiger partial charge on any atom is 0.341 e. The predicted octanol–water partition coefficient (Wildman–Crippen LogP) is -0.696. The first-order valence-electron chi connectivity index (χ1n) is 3.99. The molecular weight excluding hydrogens is 245 g/mol. The summed E-state index contributed by atoms with van der Waals surface area (Å²) < 4.78 is 8.93. The Kier molecular flexibility index (Phi) is 8.41. The van der Waals surface area contributed by atoms with Crippen molar-refractivity contribution >= 4 is 31.2 Å². The highest BCUT2D eigenvalue weighted by Crippen LogP contribution is 2.41. The lowest BCUT2D eigenvalue weighted by molar-refractivity contribution is 0.196. The minimum Gasteiger partial charge on any atom is -0.330 e. The highest BCUT2D eigenvalue weighted by molar-refractivity contribution is 8.07. The van der Waals surface area contributed by atoms with Gasteiger partial charge in [0.25, 0.3) is 0 Å². The lowest BCUT2D eigenvalue weighted by Gasteiger charge is -2.16. The molecule has 86 valence electrons. The molecule has 0 aromatic heterocycles. The molecule has 0 aliphatic rings. The fourth-order valence-electron chi connectivity index (χ4n) is 0.625. The topological polar surface area (TPSA) is 103 Å². The third kappa shape index (κ3) is 8.10.